The summed E-state index contributed by atoms with van der Waals surface area (Å²) in [6, 6.07) is -1.41. The van der Waals surface area contributed by atoms with Crippen LogP contribution in [0.25, 0.3) is 0 Å². The molecule has 2 N–H and O–H groups in total. The fraction of sp³-hybridized carbons (Fsp3) is 0.562. The second-order valence-corrected chi connectivity index (χ2v) is 5.53. The summed E-state index contributed by atoms with van der Waals surface area (Å²) < 4.78 is 1.93. The summed E-state index contributed by atoms with van der Waals surface area (Å²) in [5, 5.41) is 11.4. The first-order valence-corrected chi connectivity index (χ1v) is 8.04. The molecule has 0 aromatic carbocycles. The molecule has 1 atom stereocenters. The van der Waals surface area contributed by atoms with E-state index in [0.29, 0.717) is 11.3 Å². The first-order chi connectivity index (χ1) is 12.0. The van der Waals surface area contributed by atoms with Gasteiger partial charge in [-0.1, -0.05) is 6.42 Å². The fourth-order valence-electron chi connectivity index (χ4n) is 2.36. The summed E-state index contributed by atoms with van der Waals surface area (Å²) >= 11 is 0. The second-order valence-electron chi connectivity index (χ2n) is 5.53. The van der Waals surface area contributed by atoms with Crippen LogP contribution in [0, 0.1) is 0 Å². The van der Waals surface area contributed by atoms with Crippen LogP contribution in [-0.4, -0.2) is 63.3 Å². The van der Waals surface area contributed by atoms with Crippen molar-refractivity contribution >= 4 is 24.1 Å². The van der Waals surface area contributed by atoms with E-state index in [1.807, 2.05) is 10.8 Å². The third-order valence-corrected chi connectivity index (χ3v) is 3.55. The predicted octanol–water partition coefficient (Wildman–Crippen LogP) is -0.0289. The molecule has 9 nitrogen and oxygen atoms in total. The summed E-state index contributed by atoms with van der Waals surface area (Å²) in [5.74, 6) is -2.47. The number of nitrogens with one attached hydrogen (secondary N) is 1. The van der Waals surface area contributed by atoms with Crippen molar-refractivity contribution in [2.75, 3.05) is 13.6 Å². The summed E-state index contributed by atoms with van der Waals surface area (Å²) in [6.45, 7) is 0.616. The van der Waals surface area contributed by atoms with Crippen molar-refractivity contribution in [3.63, 3.8) is 0 Å². The molecule has 0 saturated carbocycles. The minimum absolute atomic E-state index is 0.0666. The Bertz CT molecular complexity index is 573. The number of rotatable bonds is 12. The van der Waals surface area contributed by atoms with E-state index in [1.54, 1.807) is 12.5 Å². The lowest BCUT2D eigenvalue weighted by molar-refractivity contribution is -0.147. The summed E-state index contributed by atoms with van der Waals surface area (Å²) in [4.78, 5) is 50.9. The zero-order chi connectivity index (χ0) is 18.7. The minimum Gasteiger partial charge on any atom is -0.481 e. The lowest BCUT2D eigenvalue weighted by Crippen LogP contribution is -2.49. The normalized spacial score (nSPS) is 11.7. The van der Waals surface area contributed by atoms with Gasteiger partial charge in [0.25, 0.3) is 0 Å². The first-order valence-electron chi connectivity index (χ1n) is 8.04. The van der Waals surface area contributed by atoms with Gasteiger partial charge in [0.2, 0.25) is 18.1 Å². The van der Waals surface area contributed by atoms with Crippen molar-refractivity contribution in [1.82, 2.24) is 19.8 Å². The standard InChI is InChI=1S/C16H23N4O5/c1-17-10-15(23)20(13(11-21)9-16(24)25)14(22)5-3-2-4-7-19-8-6-18-12-19/h6,8,12-13,17H,2-5,7,9-10H2,1H3,(H,24,25)/t13-/m0/s1. The van der Waals surface area contributed by atoms with E-state index in [1.165, 1.54) is 13.3 Å². The number of likely N-dealkylation sites (N-methyl/N-ethyl adjacent to an activating group) is 1. The van der Waals surface area contributed by atoms with Gasteiger partial charge < -0.3 is 15.0 Å². The maximum atomic E-state index is 12.3. The zero-order valence-corrected chi connectivity index (χ0v) is 14.2. The summed E-state index contributed by atoms with van der Waals surface area (Å²) in [6.07, 6.45) is 8.28. The van der Waals surface area contributed by atoms with Gasteiger partial charge in [-0.2, -0.15) is 0 Å². The molecule has 0 fully saturated rings. The molecule has 1 aromatic heterocycles. The third kappa shape index (κ3) is 7.25. The SMILES string of the molecule is CNCC(=O)N(C(=O)CCCCCn1ccnc1)[C@H]([C]=O)CC(=O)O. The Morgan fingerprint density at radius 3 is 2.60 bits per heavy atom. The smallest absolute Gasteiger partial charge is 0.305 e. The number of carboxylic acid groups (broad SMARTS) is 1. The van der Waals surface area contributed by atoms with Gasteiger partial charge >= 0.3 is 5.97 Å². The van der Waals surface area contributed by atoms with Crippen LogP contribution in [-0.2, 0) is 25.7 Å². The average molecular weight is 351 g/mol. The van der Waals surface area contributed by atoms with E-state index >= 15 is 0 Å². The number of unbranched alkanes of at least 4 members (excludes halogenated alkanes) is 2. The van der Waals surface area contributed by atoms with E-state index in [9.17, 15) is 19.2 Å². The van der Waals surface area contributed by atoms with Gasteiger partial charge in [-0.05, 0) is 19.9 Å². The number of hydrogen-bond acceptors (Lipinski definition) is 6. The Labute approximate surface area is 146 Å². The fourth-order valence-corrected chi connectivity index (χ4v) is 2.36. The maximum absolute atomic E-state index is 12.3. The van der Waals surface area contributed by atoms with Crippen molar-refractivity contribution < 1.29 is 24.3 Å². The van der Waals surface area contributed by atoms with E-state index in [4.69, 9.17) is 5.11 Å². The van der Waals surface area contributed by atoms with Gasteiger partial charge in [0.15, 0.2) is 0 Å². The number of carbonyl (C=O) groups is 3. The number of aryl methyl sites for hydroxylation is 1. The highest BCUT2D eigenvalue weighted by molar-refractivity contribution is 5.99. The molecule has 25 heavy (non-hydrogen) atoms. The molecule has 0 bridgehead atoms. The Morgan fingerprint density at radius 2 is 2.04 bits per heavy atom. The number of aromatic nitrogens is 2. The van der Waals surface area contributed by atoms with E-state index in [-0.39, 0.29) is 13.0 Å². The Balaban J connectivity index is 2.54. The molecule has 1 rings (SSSR count). The number of carboxylic acids is 1. The molecule has 0 saturated heterocycles. The quantitative estimate of drug-likeness (QED) is 0.507. The van der Waals surface area contributed by atoms with Crippen molar-refractivity contribution in [2.24, 2.45) is 0 Å². The van der Waals surface area contributed by atoms with Crippen molar-refractivity contribution in [1.29, 1.82) is 0 Å². The Kier molecular flexibility index (Phi) is 9.09. The van der Waals surface area contributed by atoms with Crippen LogP contribution in [0.15, 0.2) is 18.7 Å². The topological polar surface area (TPSA) is 122 Å². The molecule has 0 unspecified atom stereocenters. The molecular weight excluding hydrogens is 328 g/mol. The molecule has 2 amide bonds. The number of aliphatic carboxylic acids is 1. The number of nitrogens with zero attached hydrogens (tertiary/aromatic N) is 3. The molecule has 1 aromatic rings. The molecule has 1 radical (unpaired) electrons. The minimum atomic E-state index is -1.41. The number of amides is 2. The van der Waals surface area contributed by atoms with Crippen molar-refractivity contribution in [3.8, 4) is 0 Å². The molecule has 0 aliphatic rings. The summed E-state index contributed by atoms with van der Waals surface area (Å²) in [5.41, 5.74) is 0. The monoisotopic (exact) mass is 351 g/mol. The van der Waals surface area contributed by atoms with Crippen LogP contribution in [0.3, 0.4) is 0 Å². The Morgan fingerprint density at radius 1 is 1.28 bits per heavy atom. The second kappa shape index (κ2) is 11.1. The van der Waals surface area contributed by atoms with Crippen LogP contribution in [0.1, 0.15) is 32.1 Å². The van der Waals surface area contributed by atoms with Gasteiger partial charge in [-0.3, -0.25) is 24.1 Å². The zero-order valence-electron chi connectivity index (χ0n) is 14.2. The Hall–Kier alpha value is -2.55. The average Bonchev–Trinajstić information content (AvgIpc) is 3.07. The third-order valence-electron chi connectivity index (χ3n) is 3.55. The lowest BCUT2D eigenvalue weighted by atomic mass is 10.1. The van der Waals surface area contributed by atoms with Gasteiger partial charge in [0.1, 0.15) is 6.04 Å². The predicted molar refractivity (Wildman–Crippen MR) is 88.2 cm³/mol. The highest BCUT2D eigenvalue weighted by Gasteiger charge is 2.30. The molecule has 0 aliphatic heterocycles. The molecule has 137 valence electrons. The summed E-state index contributed by atoms with van der Waals surface area (Å²) in [7, 11) is 1.52. The van der Waals surface area contributed by atoms with Crippen LogP contribution >= 0.6 is 0 Å². The highest BCUT2D eigenvalue weighted by Crippen LogP contribution is 2.10. The molecule has 0 spiro atoms. The van der Waals surface area contributed by atoms with E-state index in [2.05, 4.69) is 10.3 Å². The number of imide groups is 1. The first kappa shape index (κ1) is 20.5. The van der Waals surface area contributed by atoms with Gasteiger partial charge in [0.05, 0.1) is 19.3 Å². The van der Waals surface area contributed by atoms with E-state index < -0.39 is 30.2 Å². The molecular formula is C16H23N4O5. The van der Waals surface area contributed by atoms with Gasteiger partial charge in [-0.15, -0.1) is 0 Å². The van der Waals surface area contributed by atoms with E-state index in [0.717, 1.165) is 19.4 Å². The molecule has 0 aliphatic carbocycles. The number of hydrogen-bond donors (Lipinski definition) is 2. The number of imidazole rings is 1. The van der Waals surface area contributed by atoms with Crippen molar-refractivity contribution in [2.45, 2.75) is 44.7 Å². The molecule has 1 heterocycles. The van der Waals surface area contributed by atoms with Crippen molar-refractivity contribution in [3.05, 3.63) is 18.7 Å². The molecule has 9 heteroatoms. The van der Waals surface area contributed by atoms with Gasteiger partial charge in [0, 0.05) is 25.4 Å². The van der Waals surface area contributed by atoms with Crippen LogP contribution in [0.2, 0.25) is 0 Å². The highest BCUT2D eigenvalue weighted by atomic mass is 16.4. The number of carbonyl (C=O) groups excluding carboxylic acids is 3. The van der Waals surface area contributed by atoms with Crippen LogP contribution in [0.4, 0.5) is 0 Å². The maximum Gasteiger partial charge on any atom is 0.305 e. The lowest BCUT2D eigenvalue weighted by Gasteiger charge is -2.25. The van der Waals surface area contributed by atoms with Crippen LogP contribution in [0.5, 0.6) is 0 Å². The van der Waals surface area contributed by atoms with Crippen LogP contribution < -0.4 is 5.32 Å². The van der Waals surface area contributed by atoms with Gasteiger partial charge in [-0.25, -0.2) is 4.98 Å². The largest absolute Gasteiger partial charge is 0.481 e.